The molecule has 0 spiro atoms. The van der Waals surface area contributed by atoms with Gasteiger partial charge in [0.25, 0.3) is 11.8 Å². The maximum atomic E-state index is 13.1. The number of benzene rings is 1. The van der Waals surface area contributed by atoms with E-state index in [4.69, 9.17) is 4.98 Å². The highest BCUT2D eigenvalue weighted by Crippen LogP contribution is 2.37. The Labute approximate surface area is 221 Å². The lowest BCUT2D eigenvalue weighted by atomic mass is 10.1. The molecule has 1 aliphatic rings. The Balaban J connectivity index is 1.53. The highest BCUT2D eigenvalue weighted by molar-refractivity contribution is 6.05. The van der Waals surface area contributed by atoms with E-state index in [0.717, 1.165) is 41.0 Å². The van der Waals surface area contributed by atoms with Crippen LogP contribution >= 0.6 is 0 Å². The molecule has 0 aliphatic carbocycles. The number of carbonyl (C=O) groups excluding carboxylic acids is 2. The maximum absolute atomic E-state index is 13.1. The van der Waals surface area contributed by atoms with E-state index in [0.29, 0.717) is 23.7 Å². The summed E-state index contributed by atoms with van der Waals surface area (Å²) in [6, 6.07) is 10.9. The van der Waals surface area contributed by atoms with Crippen LogP contribution in [-0.4, -0.2) is 56.7 Å². The van der Waals surface area contributed by atoms with Crippen molar-refractivity contribution in [3.8, 4) is 23.1 Å². The maximum Gasteiger partial charge on any atom is 0.299 e. The summed E-state index contributed by atoms with van der Waals surface area (Å²) in [7, 11) is 3.53. The van der Waals surface area contributed by atoms with E-state index in [-0.39, 0.29) is 17.9 Å². The fourth-order valence-electron chi connectivity index (χ4n) is 4.87. The number of hydrogen-bond donors (Lipinski definition) is 1. The highest BCUT2D eigenvalue weighted by Gasteiger charge is 2.33. The van der Waals surface area contributed by atoms with E-state index in [1.807, 2.05) is 48.8 Å². The molecule has 1 saturated heterocycles. The van der Waals surface area contributed by atoms with Crippen LogP contribution in [0.2, 0.25) is 0 Å². The van der Waals surface area contributed by atoms with Crippen molar-refractivity contribution < 1.29 is 9.59 Å². The third kappa shape index (κ3) is 4.45. The number of rotatable bonds is 5. The number of imidazole rings is 1. The van der Waals surface area contributed by atoms with Crippen LogP contribution in [0.5, 0.6) is 0 Å². The molecule has 1 aromatic carbocycles. The first kappa shape index (κ1) is 25.0. The Bertz CT molecular complexity index is 1560. The molecule has 0 radical (unpaired) electrons. The number of nitrogens with zero attached hydrogens (tertiary/aromatic N) is 6. The lowest BCUT2D eigenvalue weighted by Crippen LogP contribution is -2.30. The van der Waals surface area contributed by atoms with Crippen molar-refractivity contribution in [1.82, 2.24) is 24.3 Å². The zero-order valence-corrected chi connectivity index (χ0v) is 21.9. The summed E-state index contributed by atoms with van der Waals surface area (Å²) < 4.78 is 2.00. The minimum absolute atomic E-state index is 0.155. The molecule has 4 aromatic rings. The number of anilines is 2. The van der Waals surface area contributed by atoms with Gasteiger partial charge >= 0.3 is 0 Å². The summed E-state index contributed by atoms with van der Waals surface area (Å²) in [6.45, 7) is 4.27. The molecule has 38 heavy (non-hydrogen) atoms. The molecule has 2 amide bonds. The first-order valence-corrected chi connectivity index (χ1v) is 12.5. The van der Waals surface area contributed by atoms with Gasteiger partial charge in [0, 0.05) is 50.4 Å². The van der Waals surface area contributed by atoms with Crippen molar-refractivity contribution in [2.45, 2.75) is 32.7 Å². The molecule has 1 fully saturated rings. The molecule has 9 heteroatoms. The number of carbonyl (C=O) groups is 2. The Hall–Kier alpha value is -4.71. The van der Waals surface area contributed by atoms with Crippen LogP contribution in [-0.2, 0) is 4.79 Å². The summed E-state index contributed by atoms with van der Waals surface area (Å²) >= 11 is 0. The molecule has 1 N–H and O–H groups in total. The Morgan fingerprint density at radius 2 is 1.92 bits per heavy atom. The molecule has 4 heterocycles. The predicted molar refractivity (Wildman–Crippen MR) is 147 cm³/mol. The molecule has 192 valence electrons. The van der Waals surface area contributed by atoms with E-state index >= 15 is 0 Å². The molecule has 9 nitrogen and oxygen atoms in total. The lowest BCUT2D eigenvalue weighted by Gasteiger charge is -2.21. The van der Waals surface area contributed by atoms with Gasteiger partial charge in [-0.25, -0.2) is 15.0 Å². The standard InChI is InChI=1S/C29H29N7O2/c1-5-7-24(37)35-16-6-8-22(35)28-33-25(26-27(30-3)31-15-17-36(26)28)20-10-12-21(13-11-20)29(38)34(4)23-14-9-19(2)18-32-23/h9-15,17-18,22H,6,8,16H2,1-4H3,(H,30,31)/t22-/m0/s1. The summed E-state index contributed by atoms with van der Waals surface area (Å²) in [4.78, 5) is 43.0. The first-order valence-electron chi connectivity index (χ1n) is 12.5. The number of pyridine rings is 1. The molecule has 1 atom stereocenters. The van der Waals surface area contributed by atoms with Crippen LogP contribution in [0.15, 0.2) is 55.0 Å². The van der Waals surface area contributed by atoms with Crippen LogP contribution in [0.4, 0.5) is 11.6 Å². The molecular formula is C29H29N7O2. The lowest BCUT2D eigenvalue weighted by molar-refractivity contribution is -0.126. The molecule has 0 unspecified atom stereocenters. The average molecular weight is 508 g/mol. The minimum Gasteiger partial charge on any atom is -0.371 e. The third-order valence-electron chi connectivity index (χ3n) is 6.81. The van der Waals surface area contributed by atoms with Gasteiger partial charge in [-0.15, -0.1) is 0 Å². The fourth-order valence-corrected chi connectivity index (χ4v) is 4.87. The molecule has 1 aliphatic heterocycles. The SMILES string of the molecule is CC#CC(=O)N1CCC[C@H]1c1nc(-c2ccc(C(=O)N(C)c3ccc(C)cn3)cc2)c2c(NC)nccn12. The topological polar surface area (TPSA) is 95.7 Å². The number of fused-ring (bicyclic) bond motifs is 1. The van der Waals surface area contributed by atoms with Gasteiger partial charge in [-0.05, 0) is 56.4 Å². The second-order valence-corrected chi connectivity index (χ2v) is 9.23. The quantitative estimate of drug-likeness (QED) is 0.409. The first-order chi connectivity index (χ1) is 18.4. The van der Waals surface area contributed by atoms with Crippen molar-refractivity contribution in [1.29, 1.82) is 0 Å². The number of aryl methyl sites for hydroxylation is 1. The predicted octanol–water partition coefficient (Wildman–Crippen LogP) is 4.10. The Morgan fingerprint density at radius 1 is 1.13 bits per heavy atom. The van der Waals surface area contributed by atoms with Gasteiger partial charge in [0.15, 0.2) is 5.82 Å². The van der Waals surface area contributed by atoms with E-state index in [9.17, 15) is 9.59 Å². The van der Waals surface area contributed by atoms with Gasteiger partial charge in [-0.2, -0.15) is 0 Å². The summed E-state index contributed by atoms with van der Waals surface area (Å²) in [6.07, 6.45) is 7.02. The Morgan fingerprint density at radius 3 is 2.61 bits per heavy atom. The van der Waals surface area contributed by atoms with Crippen molar-refractivity contribution in [2.75, 3.05) is 30.9 Å². The normalized spacial score (nSPS) is 14.7. The zero-order chi connectivity index (χ0) is 26.8. The van der Waals surface area contributed by atoms with Gasteiger partial charge in [0.2, 0.25) is 0 Å². The van der Waals surface area contributed by atoms with Crippen LogP contribution in [0.3, 0.4) is 0 Å². The molecule has 0 bridgehead atoms. The molecule has 5 rings (SSSR count). The van der Waals surface area contributed by atoms with Crippen molar-refractivity contribution in [2.24, 2.45) is 0 Å². The fraction of sp³-hybridized carbons (Fsp3) is 0.276. The summed E-state index contributed by atoms with van der Waals surface area (Å²) in [5.74, 6) is 7.07. The smallest absolute Gasteiger partial charge is 0.299 e. The van der Waals surface area contributed by atoms with Crippen LogP contribution < -0.4 is 10.2 Å². The molecular weight excluding hydrogens is 478 g/mol. The van der Waals surface area contributed by atoms with Gasteiger partial charge in [0.05, 0.1) is 6.04 Å². The van der Waals surface area contributed by atoms with Crippen molar-refractivity contribution in [3.63, 3.8) is 0 Å². The summed E-state index contributed by atoms with van der Waals surface area (Å²) in [5, 5.41) is 3.16. The number of hydrogen-bond acceptors (Lipinski definition) is 6. The number of nitrogens with one attached hydrogen (secondary N) is 1. The van der Waals surface area contributed by atoms with Crippen LogP contribution in [0.25, 0.3) is 16.8 Å². The van der Waals surface area contributed by atoms with E-state index < -0.39 is 0 Å². The third-order valence-corrected chi connectivity index (χ3v) is 6.81. The van der Waals surface area contributed by atoms with E-state index in [2.05, 4.69) is 27.1 Å². The van der Waals surface area contributed by atoms with Gasteiger partial charge in [-0.3, -0.25) is 18.9 Å². The van der Waals surface area contributed by atoms with Crippen molar-refractivity contribution in [3.05, 3.63) is 71.9 Å². The van der Waals surface area contributed by atoms with Crippen LogP contribution in [0.1, 0.15) is 47.6 Å². The van der Waals surface area contributed by atoms with Crippen molar-refractivity contribution >= 4 is 29.0 Å². The monoisotopic (exact) mass is 507 g/mol. The van der Waals surface area contributed by atoms with Gasteiger partial charge in [0.1, 0.15) is 22.9 Å². The zero-order valence-electron chi connectivity index (χ0n) is 21.9. The number of likely N-dealkylation sites (tertiary alicyclic amines) is 1. The average Bonchev–Trinajstić information content (AvgIpc) is 3.58. The second-order valence-electron chi connectivity index (χ2n) is 9.23. The summed E-state index contributed by atoms with van der Waals surface area (Å²) in [5.41, 5.74) is 3.96. The largest absolute Gasteiger partial charge is 0.371 e. The van der Waals surface area contributed by atoms with Crippen LogP contribution in [0, 0.1) is 18.8 Å². The van der Waals surface area contributed by atoms with Gasteiger partial charge < -0.3 is 10.2 Å². The Kier molecular flexibility index (Phi) is 6.79. The number of aromatic nitrogens is 4. The minimum atomic E-state index is -0.189. The number of amides is 2. The van der Waals surface area contributed by atoms with E-state index in [1.165, 1.54) is 4.90 Å². The molecule has 3 aromatic heterocycles. The van der Waals surface area contributed by atoms with Gasteiger partial charge in [-0.1, -0.05) is 24.1 Å². The molecule has 0 saturated carbocycles. The second kappa shape index (κ2) is 10.3. The van der Waals surface area contributed by atoms with E-state index in [1.54, 1.807) is 43.4 Å². The highest BCUT2D eigenvalue weighted by atomic mass is 16.2.